The van der Waals surface area contributed by atoms with Crippen LogP contribution >= 0.6 is 0 Å². The summed E-state index contributed by atoms with van der Waals surface area (Å²) in [4.78, 5) is 11.7. The Kier molecular flexibility index (Phi) is 3.36. The van der Waals surface area contributed by atoms with Crippen LogP contribution < -0.4 is 0 Å². The van der Waals surface area contributed by atoms with Gasteiger partial charge < -0.3 is 5.11 Å². The Labute approximate surface area is 124 Å². The number of carboxylic acid groups (broad SMARTS) is 1. The lowest BCUT2D eigenvalue weighted by Crippen LogP contribution is -2.10. The van der Waals surface area contributed by atoms with Gasteiger partial charge in [0, 0.05) is 5.39 Å². The number of benzene rings is 1. The Hall–Kier alpha value is -2.03. The minimum atomic E-state index is -0.928. The Morgan fingerprint density at radius 2 is 2.00 bits per heavy atom. The summed E-state index contributed by atoms with van der Waals surface area (Å²) in [6, 6.07) is 3.93. The maximum absolute atomic E-state index is 11.7. The molecule has 2 aromatic rings. The molecule has 1 heterocycles. The molecule has 0 radical (unpaired) electrons. The fraction of sp³-hybridized carbons (Fsp3) is 0.389. The summed E-state index contributed by atoms with van der Waals surface area (Å²) in [7, 11) is 0. The van der Waals surface area contributed by atoms with E-state index in [1.54, 1.807) is 6.08 Å². The van der Waals surface area contributed by atoms with Gasteiger partial charge in [0.25, 0.3) is 0 Å². The summed E-state index contributed by atoms with van der Waals surface area (Å²) >= 11 is 0. The molecule has 0 bridgehead atoms. The molecule has 0 atom stereocenters. The second kappa shape index (κ2) is 5.06. The van der Waals surface area contributed by atoms with Crippen LogP contribution in [0.15, 0.2) is 18.7 Å². The van der Waals surface area contributed by atoms with Crippen molar-refractivity contribution in [2.24, 2.45) is 0 Å². The van der Waals surface area contributed by atoms with E-state index in [0.717, 1.165) is 29.4 Å². The minimum Gasteiger partial charge on any atom is -0.464 e. The smallest absolute Gasteiger partial charge is 0.416 e. The third-order valence-corrected chi connectivity index (χ3v) is 4.89. The summed E-state index contributed by atoms with van der Waals surface area (Å²) in [6.45, 7) is 8.04. The highest BCUT2D eigenvalue weighted by molar-refractivity contribution is 5.98. The number of carbonyl (C=O) groups is 1. The maximum Gasteiger partial charge on any atom is 0.416 e. The van der Waals surface area contributed by atoms with E-state index in [-0.39, 0.29) is 0 Å². The normalized spacial score (nSPS) is 15.7. The van der Waals surface area contributed by atoms with Crippen molar-refractivity contribution in [2.45, 2.75) is 45.4 Å². The van der Waals surface area contributed by atoms with Crippen molar-refractivity contribution in [3.8, 4) is 0 Å². The minimum absolute atomic E-state index is 0.460. The monoisotopic (exact) mass is 283 g/mol. The molecule has 3 rings (SSSR count). The van der Waals surface area contributed by atoms with Gasteiger partial charge >= 0.3 is 6.09 Å². The largest absolute Gasteiger partial charge is 0.464 e. The van der Waals surface area contributed by atoms with E-state index < -0.39 is 6.09 Å². The molecule has 3 nitrogen and oxygen atoms in total. The van der Waals surface area contributed by atoms with Crippen LogP contribution in [0.1, 0.15) is 54.0 Å². The van der Waals surface area contributed by atoms with E-state index in [0.29, 0.717) is 5.92 Å². The van der Waals surface area contributed by atoms with Crippen molar-refractivity contribution in [3.05, 3.63) is 41.1 Å². The molecule has 1 aromatic carbocycles. The third kappa shape index (κ3) is 1.99. The first-order valence-corrected chi connectivity index (χ1v) is 7.56. The Balaban J connectivity index is 2.44. The first kappa shape index (κ1) is 13.9. The van der Waals surface area contributed by atoms with E-state index >= 15 is 0 Å². The van der Waals surface area contributed by atoms with E-state index in [1.807, 2.05) is 12.1 Å². The molecular weight excluding hydrogens is 262 g/mol. The van der Waals surface area contributed by atoms with E-state index in [1.165, 1.54) is 34.1 Å². The van der Waals surface area contributed by atoms with Gasteiger partial charge in [-0.05, 0) is 61.4 Å². The number of aromatic nitrogens is 1. The van der Waals surface area contributed by atoms with Gasteiger partial charge in [-0.25, -0.2) is 9.36 Å². The molecule has 1 aromatic heterocycles. The standard InChI is InChI=1S/C18H21NO2/c1-4-14-17(13-7-5-6-8-13)16-12(3)11(2)9-10-15(16)19(14)18(20)21/h4,9-10,13H,1,5-8H2,2-3H3,(H,20,21). The molecule has 21 heavy (non-hydrogen) atoms. The fourth-order valence-corrected chi connectivity index (χ4v) is 3.74. The molecule has 1 aliphatic rings. The van der Waals surface area contributed by atoms with Crippen LogP contribution in [-0.4, -0.2) is 15.8 Å². The van der Waals surface area contributed by atoms with Crippen LogP contribution in [-0.2, 0) is 0 Å². The van der Waals surface area contributed by atoms with Gasteiger partial charge in [-0.3, -0.25) is 0 Å². The highest BCUT2D eigenvalue weighted by atomic mass is 16.4. The lowest BCUT2D eigenvalue weighted by molar-refractivity contribution is 0.197. The third-order valence-electron chi connectivity index (χ3n) is 4.89. The van der Waals surface area contributed by atoms with Crippen LogP contribution in [0, 0.1) is 13.8 Å². The molecule has 110 valence electrons. The topological polar surface area (TPSA) is 42.2 Å². The molecule has 0 aliphatic heterocycles. The van der Waals surface area contributed by atoms with Crippen LogP contribution in [0.4, 0.5) is 4.79 Å². The molecule has 1 saturated carbocycles. The average molecular weight is 283 g/mol. The van der Waals surface area contributed by atoms with Crippen LogP contribution in [0.3, 0.4) is 0 Å². The fourth-order valence-electron chi connectivity index (χ4n) is 3.74. The Morgan fingerprint density at radius 1 is 1.33 bits per heavy atom. The highest BCUT2D eigenvalue weighted by Gasteiger charge is 2.28. The lowest BCUT2D eigenvalue weighted by Gasteiger charge is -2.12. The van der Waals surface area contributed by atoms with Crippen molar-refractivity contribution < 1.29 is 9.90 Å². The van der Waals surface area contributed by atoms with Gasteiger partial charge in [-0.2, -0.15) is 0 Å². The zero-order valence-corrected chi connectivity index (χ0v) is 12.6. The molecule has 1 fully saturated rings. The number of nitrogens with zero attached hydrogens (tertiary/aromatic N) is 1. The predicted molar refractivity (Wildman–Crippen MR) is 86.1 cm³/mol. The molecule has 0 amide bonds. The summed E-state index contributed by atoms with van der Waals surface area (Å²) in [5.74, 6) is 0.460. The van der Waals surface area contributed by atoms with Gasteiger partial charge in [-0.1, -0.05) is 25.5 Å². The number of rotatable bonds is 2. The summed E-state index contributed by atoms with van der Waals surface area (Å²) < 4.78 is 1.41. The molecular formula is C18H21NO2. The summed E-state index contributed by atoms with van der Waals surface area (Å²) in [6.07, 6.45) is 5.52. The van der Waals surface area contributed by atoms with Gasteiger partial charge in [-0.15, -0.1) is 0 Å². The van der Waals surface area contributed by atoms with Crippen molar-refractivity contribution in [1.29, 1.82) is 0 Å². The second-order valence-electron chi connectivity index (χ2n) is 6.00. The van der Waals surface area contributed by atoms with Gasteiger partial charge in [0.2, 0.25) is 0 Å². The number of fused-ring (bicyclic) bond motifs is 1. The SMILES string of the molecule is C=Cc1c(C2CCCC2)c2c(C)c(C)ccc2n1C(=O)O. The number of aryl methyl sites for hydroxylation is 2. The van der Waals surface area contributed by atoms with Crippen LogP contribution in [0.25, 0.3) is 17.0 Å². The number of hydrogen-bond donors (Lipinski definition) is 1. The highest BCUT2D eigenvalue weighted by Crippen LogP contribution is 2.43. The van der Waals surface area contributed by atoms with E-state index in [9.17, 15) is 9.90 Å². The summed E-state index contributed by atoms with van der Waals surface area (Å²) in [5, 5.41) is 10.8. The summed E-state index contributed by atoms with van der Waals surface area (Å²) in [5.41, 5.74) is 5.15. The van der Waals surface area contributed by atoms with E-state index in [2.05, 4.69) is 20.4 Å². The molecule has 1 N–H and O–H groups in total. The maximum atomic E-state index is 11.7. The van der Waals surface area contributed by atoms with Crippen molar-refractivity contribution in [1.82, 2.24) is 4.57 Å². The molecule has 0 unspecified atom stereocenters. The van der Waals surface area contributed by atoms with Crippen LogP contribution in [0.2, 0.25) is 0 Å². The van der Waals surface area contributed by atoms with Gasteiger partial charge in [0.15, 0.2) is 0 Å². The zero-order valence-electron chi connectivity index (χ0n) is 12.6. The first-order valence-electron chi connectivity index (χ1n) is 7.56. The first-order chi connectivity index (χ1) is 10.1. The van der Waals surface area contributed by atoms with Crippen molar-refractivity contribution >= 4 is 23.1 Å². The quantitative estimate of drug-likeness (QED) is 0.834. The predicted octanol–water partition coefficient (Wildman–Crippen LogP) is 5.08. The average Bonchev–Trinajstić information content (AvgIpc) is 3.07. The van der Waals surface area contributed by atoms with Crippen molar-refractivity contribution in [2.75, 3.05) is 0 Å². The van der Waals surface area contributed by atoms with Crippen LogP contribution in [0.5, 0.6) is 0 Å². The van der Waals surface area contributed by atoms with Gasteiger partial charge in [0.1, 0.15) is 0 Å². The van der Waals surface area contributed by atoms with Gasteiger partial charge in [0.05, 0.1) is 11.2 Å². The van der Waals surface area contributed by atoms with Crippen molar-refractivity contribution in [3.63, 3.8) is 0 Å². The van der Waals surface area contributed by atoms with E-state index in [4.69, 9.17) is 0 Å². The molecule has 0 spiro atoms. The number of hydrogen-bond acceptors (Lipinski definition) is 1. The zero-order chi connectivity index (χ0) is 15.1. The molecule has 1 aliphatic carbocycles. The molecule has 3 heteroatoms. The second-order valence-corrected chi connectivity index (χ2v) is 6.00. The Bertz CT molecular complexity index is 733. The molecule has 0 saturated heterocycles. The Morgan fingerprint density at radius 3 is 2.57 bits per heavy atom. The lowest BCUT2D eigenvalue weighted by atomic mass is 9.91.